The van der Waals surface area contributed by atoms with E-state index in [1.54, 1.807) is 18.2 Å². The third-order valence-electron chi connectivity index (χ3n) is 9.44. The second-order valence-corrected chi connectivity index (χ2v) is 12.0. The number of nitrogens with two attached hydrogens (primary N) is 1. The number of nitrogen functional groups attached to an aromatic ring is 1. The van der Waals surface area contributed by atoms with Gasteiger partial charge in [0.2, 0.25) is 0 Å². The van der Waals surface area contributed by atoms with Crippen LogP contribution in [0.1, 0.15) is 37.3 Å². The highest BCUT2D eigenvalue weighted by Gasteiger charge is 2.31. The first-order chi connectivity index (χ1) is 22.0. The number of rotatable bonds is 9. The van der Waals surface area contributed by atoms with Gasteiger partial charge in [0.15, 0.2) is 5.65 Å². The highest BCUT2D eigenvalue weighted by Crippen LogP contribution is 2.38. The molecule has 236 valence electrons. The van der Waals surface area contributed by atoms with Gasteiger partial charge in [-0.25, -0.2) is 14.6 Å². The largest absolute Gasteiger partial charge is 0.434 e. The fourth-order valence-electron chi connectivity index (χ4n) is 7.13. The summed E-state index contributed by atoms with van der Waals surface area (Å²) in [7, 11) is 0. The van der Waals surface area contributed by atoms with Crippen LogP contribution in [0.4, 0.5) is 14.6 Å². The van der Waals surface area contributed by atoms with Crippen LogP contribution in [0.3, 0.4) is 0 Å². The second-order valence-electron chi connectivity index (χ2n) is 12.0. The number of para-hydroxylation sites is 1. The molecular weight excluding hydrogens is 578 g/mol. The summed E-state index contributed by atoms with van der Waals surface area (Å²) in [5.74, 6) is 0.581. The van der Waals surface area contributed by atoms with Crippen molar-refractivity contribution >= 4 is 27.8 Å². The minimum atomic E-state index is -2.88. The smallest absolute Gasteiger partial charge is 0.387 e. The molecule has 0 amide bonds. The zero-order chi connectivity index (χ0) is 30.9. The van der Waals surface area contributed by atoms with Gasteiger partial charge in [-0.1, -0.05) is 24.3 Å². The van der Waals surface area contributed by atoms with Crippen molar-refractivity contribution in [3.05, 3.63) is 66.6 Å². The topological polar surface area (TPSA) is 110 Å². The average molecular weight is 617 g/mol. The summed E-state index contributed by atoms with van der Waals surface area (Å²) in [6.45, 7) is 2.61. The summed E-state index contributed by atoms with van der Waals surface area (Å²) >= 11 is 0. The molecule has 45 heavy (non-hydrogen) atoms. The molecule has 2 fully saturated rings. The third-order valence-corrected chi connectivity index (χ3v) is 9.44. The number of aliphatic hydroxyl groups excluding tert-OH is 1. The van der Waals surface area contributed by atoms with Crippen LogP contribution in [-0.4, -0.2) is 91.2 Å². The Balaban J connectivity index is 1.12. The summed E-state index contributed by atoms with van der Waals surface area (Å²) < 4.78 is 34.7. The SMILES string of the molecule is Nc1ncnc2c1c(-c1ccc3c(ccn3Cc3ccccc3OC(F)F)c1)nn2[C@H]1CC[C@H](N2CCN(CCO)CC2)CC1. The van der Waals surface area contributed by atoms with Gasteiger partial charge in [-0.05, 0) is 49.9 Å². The van der Waals surface area contributed by atoms with Gasteiger partial charge < -0.3 is 20.1 Å². The number of ether oxygens (including phenoxy) is 1. The molecule has 1 aliphatic carbocycles. The van der Waals surface area contributed by atoms with Crippen LogP contribution >= 0.6 is 0 Å². The fourth-order valence-corrected chi connectivity index (χ4v) is 7.13. The van der Waals surface area contributed by atoms with Crippen molar-refractivity contribution < 1.29 is 18.6 Å². The van der Waals surface area contributed by atoms with Crippen LogP contribution in [0.15, 0.2) is 61.1 Å². The van der Waals surface area contributed by atoms with Crippen LogP contribution < -0.4 is 10.5 Å². The number of anilines is 1. The van der Waals surface area contributed by atoms with Crippen molar-refractivity contribution in [3.8, 4) is 17.0 Å². The quantitative estimate of drug-likeness (QED) is 0.244. The van der Waals surface area contributed by atoms with Gasteiger partial charge in [-0.15, -0.1) is 0 Å². The number of halogens is 2. The van der Waals surface area contributed by atoms with E-state index >= 15 is 0 Å². The average Bonchev–Trinajstić information content (AvgIpc) is 3.64. The molecule has 12 heteroatoms. The predicted molar refractivity (Wildman–Crippen MR) is 169 cm³/mol. The molecule has 0 bridgehead atoms. The molecule has 0 unspecified atom stereocenters. The van der Waals surface area contributed by atoms with Crippen molar-refractivity contribution in [1.29, 1.82) is 0 Å². The Morgan fingerprint density at radius 3 is 2.51 bits per heavy atom. The zero-order valence-electron chi connectivity index (χ0n) is 25.1. The summed E-state index contributed by atoms with van der Waals surface area (Å²) in [5.41, 5.74) is 10.5. The Labute approximate surface area is 260 Å². The number of hydrogen-bond donors (Lipinski definition) is 2. The van der Waals surface area contributed by atoms with E-state index in [1.807, 2.05) is 35.0 Å². The van der Waals surface area contributed by atoms with Crippen LogP contribution in [0.5, 0.6) is 5.75 Å². The first-order valence-corrected chi connectivity index (χ1v) is 15.7. The monoisotopic (exact) mass is 616 g/mol. The van der Waals surface area contributed by atoms with Gasteiger partial charge in [0, 0.05) is 67.0 Å². The molecule has 2 aliphatic rings. The fraction of sp³-hybridized carbons (Fsp3) is 0.424. The molecule has 4 heterocycles. The van der Waals surface area contributed by atoms with E-state index in [4.69, 9.17) is 15.6 Å². The summed E-state index contributed by atoms with van der Waals surface area (Å²) in [6.07, 6.45) is 7.70. The first-order valence-electron chi connectivity index (χ1n) is 15.7. The lowest BCUT2D eigenvalue weighted by Gasteiger charge is -2.41. The number of piperazine rings is 1. The molecule has 0 atom stereocenters. The van der Waals surface area contributed by atoms with Gasteiger partial charge in [-0.2, -0.15) is 13.9 Å². The maximum Gasteiger partial charge on any atom is 0.387 e. The van der Waals surface area contributed by atoms with Crippen LogP contribution in [0, 0.1) is 0 Å². The van der Waals surface area contributed by atoms with E-state index in [0.29, 0.717) is 24.0 Å². The summed E-state index contributed by atoms with van der Waals surface area (Å²) in [5, 5.41) is 16.1. The lowest BCUT2D eigenvalue weighted by atomic mass is 9.90. The van der Waals surface area contributed by atoms with Crippen LogP contribution in [-0.2, 0) is 6.54 Å². The third kappa shape index (κ3) is 5.97. The number of alkyl halides is 2. The number of fused-ring (bicyclic) bond motifs is 2. The van der Waals surface area contributed by atoms with Gasteiger partial charge >= 0.3 is 6.61 Å². The minimum Gasteiger partial charge on any atom is -0.434 e. The number of β-amino-alcohol motifs (C(OH)–C–C–N with tert-alkyl or cyclic N) is 1. The second kappa shape index (κ2) is 12.7. The normalized spacial score (nSPS) is 20.0. The predicted octanol–water partition coefficient (Wildman–Crippen LogP) is 4.77. The standard InChI is InChI=1S/C33H38F2N8O2/c34-33(35)45-28-4-2-1-3-24(28)20-42-12-11-22-19-23(5-10-27(22)42)30-29-31(36)37-21-38-32(29)43(39-30)26-8-6-25(7-9-26)41-15-13-40(14-16-41)17-18-44/h1-5,10-12,19,21,25-26,33,44H,6-9,13-18,20H2,(H2,36,37,38)/t25-,26-. The first kappa shape index (κ1) is 29.6. The van der Waals surface area contributed by atoms with E-state index in [0.717, 1.165) is 91.6 Å². The van der Waals surface area contributed by atoms with Crippen LogP contribution in [0.2, 0.25) is 0 Å². The number of benzene rings is 2. The van der Waals surface area contributed by atoms with Gasteiger partial charge in [0.25, 0.3) is 0 Å². The molecular formula is C33H38F2N8O2. The maximum atomic E-state index is 13.0. The van der Waals surface area contributed by atoms with E-state index < -0.39 is 6.61 Å². The molecule has 1 saturated carbocycles. The molecule has 5 aromatic rings. The van der Waals surface area contributed by atoms with E-state index in [2.05, 4.69) is 30.5 Å². The van der Waals surface area contributed by atoms with E-state index in [9.17, 15) is 13.9 Å². The van der Waals surface area contributed by atoms with Gasteiger partial charge in [0.05, 0.1) is 24.6 Å². The Kier molecular flexibility index (Phi) is 8.35. The molecule has 1 saturated heterocycles. The zero-order valence-corrected chi connectivity index (χ0v) is 25.1. The Hall–Kier alpha value is -4.13. The Morgan fingerprint density at radius 2 is 1.73 bits per heavy atom. The van der Waals surface area contributed by atoms with Crippen molar-refractivity contribution in [3.63, 3.8) is 0 Å². The van der Waals surface area contributed by atoms with Crippen molar-refractivity contribution in [2.75, 3.05) is 45.1 Å². The van der Waals surface area contributed by atoms with Gasteiger partial charge in [-0.3, -0.25) is 9.80 Å². The molecule has 7 rings (SSSR count). The molecule has 0 spiro atoms. The molecule has 10 nitrogen and oxygen atoms in total. The minimum absolute atomic E-state index is 0.174. The molecule has 3 N–H and O–H groups in total. The van der Waals surface area contributed by atoms with E-state index in [-0.39, 0.29) is 18.4 Å². The highest BCUT2D eigenvalue weighted by molar-refractivity contribution is 6.00. The van der Waals surface area contributed by atoms with Crippen molar-refractivity contribution in [2.45, 2.75) is 50.9 Å². The Bertz CT molecular complexity index is 1770. The number of aliphatic hydroxyl groups is 1. The molecule has 2 aromatic carbocycles. The maximum absolute atomic E-state index is 13.0. The van der Waals surface area contributed by atoms with Gasteiger partial charge in [0.1, 0.15) is 23.6 Å². The van der Waals surface area contributed by atoms with Crippen molar-refractivity contribution in [1.82, 2.24) is 34.1 Å². The number of nitrogens with zero attached hydrogens (tertiary/aromatic N) is 7. The molecule has 3 aromatic heterocycles. The Morgan fingerprint density at radius 1 is 0.956 bits per heavy atom. The number of hydrogen-bond acceptors (Lipinski definition) is 8. The van der Waals surface area contributed by atoms with Crippen molar-refractivity contribution in [2.24, 2.45) is 0 Å². The highest BCUT2D eigenvalue weighted by atomic mass is 19.3. The summed E-state index contributed by atoms with van der Waals surface area (Å²) in [6, 6.07) is 15.8. The lowest BCUT2D eigenvalue weighted by molar-refractivity contribution is -0.0504. The van der Waals surface area contributed by atoms with Crippen LogP contribution in [0.25, 0.3) is 33.2 Å². The molecule has 0 radical (unpaired) electrons. The number of aromatic nitrogens is 5. The van der Waals surface area contributed by atoms with E-state index in [1.165, 1.54) is 6.33 Å². The molecule has 1 aliphatic heterocycles. The lowest BCUT2D eigenvalue weighted by Crippen LogP contribution is -2.51. The summed E-state index contributed by atoms with van der Waals surface area (Å²) in [4.78, 5) is 13.9.